The first-order valence-corrected chi connectivity index (χ1v) is 4.71. The first-order valence-electron chi connectivity index (χ1n) is 4.71. The zero-order chi connectivity index (χ0) is 10.4. The summed E-state index contributed by atoms with van der Waals surface area (Å²) in [5.74, 6) is 0.660. The van der Waals surface area contributed by atoms with Gasteiger partial charge in [0, 0.05) is 5.92 Å². The molecule has 0 radical (unpaired) electrons. The molecule has 0 fully saturated rings. The predicted octanol–water partition coefficient (Wildman–Crippen LogP) is 2.10. The van der Waals surface area contributed by atoms with Gasteiger partial charge in [-0.05, 0) is 30.7 Å². The van der Waals surface area contributed by atoms with Gasteiger partial charge in [0.15, 0.2) is 0 Å². The molecule has 0 spiro atoms. The van der Waals surface area contributed by atoms with Crippen LogP contribution in [0.1, 0.15) is 17.9 Å². The lowest BCUT2D eigenvalue weighted by atomic mass is 9.97. The van der Waals surface area contributed by atoms with E-state index < -0.39 is 0 Å². The fraction of sp³-hybridized carbons (Fsp3) is 0.455. The standard InChI is InChI=1S/C11H16FNO/c1-14-11-4-2-3-9(7-11)10(8-12)5-6-13/h2-4,7,10H,5-6,8,13H2,1H3. The van der Waals surface area contributed by atoms with E-state index in [2.05, 4.69) is 0 Å². The molecule has 0 amide bonds. The van der Waals surface area contributed by atoms with Crippen molar-refractivity contribution >= 4 is 0 Å². The van der Waals surface area contributed by atoms with Gasteiger partial charge in [-0.2, -0.15) is 0 Å². The number of benzene rings is 1. The Hall–Kier alpha value is -1.09. The third kappa shape index (κ3) is 2.70. The minimum absolute atomic E-state index is 0.102. The van der Waals surface area contributed by atoms with E-state index >= 15 is 0 Å². The van der Waals surface area contributed by atoms with Crippen LogP contribution in [-0.2, 0) is 0 Å². The van der Waals surface area contributed by atoms with E-state index in [-0.39, 0.29) is 12.6 Å². The van der Waals surface area contributed by atoms with Gasteiger partial charge in [-0.25, -0.2) is 0 Å². The van der Waals surface area contributed by atoms with Crippen molar-refractivity contribution in [1.82, 2.24) is 0 Å². The second kappa shape index (κ2) is 5.60. The summed E-state index contributed by atoms with van der Waals surface area (Å²) in [7, 11) is 1.60. The third-order valence-electron chi connectivity index (χ3n) is 2.27. The lowest BCUT2D eigenvalue weighted by molar-refractivity contribution is 0.404. The third-order valence-corrected chi connectivity index (χ3v) is 2.27. The first-order chi connectivity index (χ1) is 6.81. The largest absolute Gasteiger partial charge is 0.497 e. The van der Waals surface area contributed by atoms with Crippen LogP contribution < -0.4 is 10.5 Å². The zero-order valence-electron chi connectivity index (χ0n) is 8.37. The van der Waals surface area contributed by atoms with Gasteiger partial charge in [-0.15, -0.1) is 0 Å². The van der Waals surface area contributed by atoms with Crippen LogP contribution in [0.2, 0.25) is 0 Å². The molecule has 0 saturated heterocycles. The molecule has 3 heteroatoms. The SMILES string of the molecule is COc1cccc(C(CF)CCN)c1. The molecule has 0 saturated carbocycles. The average molecular weight is 197 g/mol. The minimum Gasteiger partial charge on any atom is -0.497 e. The number of methoxy groups -OCH3 is 1. The molecule has 0 aliphatic rings. The van der Waals surface area contributed by atoms with Crippen LogP contribution in [-0.4, -0.2) is 20.3 Å². The Balaban J connectivity index is 2.80. The van der Waals surface area contributed by atoms with E-state index in [4.69, 9.17) is 10.5 Å². The van der Waals surface area contributed by atoms with E-state index in [9.17, 15) is 4.39 Å². The Morgan fingerprint density at radius 2 is 2.29 bits per heavy atom. The van der Waals surface area contributed by atoms with Crippen molar-refractivity contribution in [1.29, 1.82) is 0 Å². The van der Waals surface area contributed by atoms with Crippen LogP contribution in [0.3, 0.4) is 0 Å². The molecule has 1 rings (SSSR count). The van der Waals surface area contributed by atoms with Gasteiger partial charge in [0.1, 0.15) is 5.75 Å². The molecule has 78 valence electrons. The van der Waals surface area contributed by atoms with Gasteiger partial charge in [0.25, 0.3) is 0 Å². The van der Waals surface area contributed by atoms with Crippen molar-refractivity contribution in [2.45, 2.75) is 12.3 Å². The molecule has 14 heavy (non-hydrogen) atoms. The Bertz CT molecular complexity index is 278. The zero-order valence-corrected chi connectivity index (χ0v) is 8.37. The van der Waals surface area contributed by atoms with Crippen molar-refractivity contribution in [3.05, 3.63) is 29.8 Å². The summed E-state index contributed by atoms with van der Waals surface area (Å²) in [6, 6.07) is 7.48. The minimum atomic E-state index is -0.371. The quantitative estimate of drug-likeness (QED) is 0.784. The van der Waals surface area contributed by atoms with Gasteiger partial charge < -0.3 is 10.5 Å². The molecule has 1 unspecified atom stereocenters. The molecule has 0 aliphatic heterocycles. The topological polar surface area (TPSA) is 35.2 Å². The molecule has 0 aromatic heterocycles. The van der Waals surface area contributed by atoms with Gasteiger partial charge >= 0.3 is 0 Å². The number of rotatable bonds is 5. The molecule has 2 N–H and O–H groups in total. The maximum absolute atomic E-state index is 12.7. The lowest BCUT2D eigenvalue weighted by Crippen LogP contribution is -2.09. The molecule has 1 aromatic carbocycles. The van der Waals surface area contributed by atoms with Gasteiger partial charge in [-0.3, -0.25) is 4.39 Å². The molecule has 1 atom stereocenters. The summed E-state index contributed by atoms with van der Waals surface area (Å²) >= 11 is 0. The second-order valence-electron chi connectivity index (χ2n) is 3.21. The molecular weight excluding hydrogens is 181 g/mol. The second-order valence-corrected chi connectivity index (χ2v) is 3.21. The number of alkyl halides is 1. The molecule has 0 bridgehead atoms. The molecule has 0 aliphatic carbocycles. The number of nitrogens with two attached hydrogens (primary N) is 1. The Kier molecular flexibility index (Phi) is 4.40. The van der Waals surface area contributed by atoms with Crippen molar-refractivity contribution in [2.75, 3.05) is 20.3 Å². The number of hydrogen-bond donors (Lipinski definition) is 1. The van der Waals surface area contributed by atoms with Gasteiger partial charge in [0.05, 0.1) is 13.8 Å². The average Bonchev–Trinajstić information content (AvgIpc) is 2.26. The summed E-state index contributed by atoms with van der Waals surface area (Å²) in [6.45, 7) is 0.135. The molecular formula is C11H16FNO. The van der Waals surface area contributed by atoms with E-state index in [0.717, 1.165) is 11.3 Å². The highest BCUT2D eigenvalue weighted by Crippen LogP contribution is 2.23. The summed E-state index contributed by atoms with van der Waals surface area (Å²) in [6.07, 6.45) is 0.670. The van der Waals surface area contributed by atoms with Crippen molar-refractivity contribution in [2.24, 2.45) is 5.73 Å². The van der Waals surface area contributed by atoms with Crippen molar-refractivity contribution < 1.29 is 9.13 Å². The highest BCUT2D eigenvalue weighted by Gasteiger charge is 2.10. The van der Waals surface area contributed by atoms with Crippen LogP contribution >= 0.6 is 0 Å². The summed E-state index contributed by atoms with van der Waals surface area (Å²) in [5, 5.41) is 0. The highest BCUT2D eigenvalue weighted by molar-refractivity contribution is 5.30. The summed E-state index contributed by atoms with van der Waals surface area (Å²) in [4.78, 5) is 0. The number of halogens is 1. The van der Waals surface area contributed by atoms with E-state index in [0.29, 0.717) is 13.0 Å². The Morgan fingerprint density at radius 1 is 1.50 bits per heavy atom. The van der Waals surface area contributed by atoms with Gasteiger partial charge in [-0.1, -0.05) is 12.1 Å². The monoisotopic (exact) mass is 197 g/mol. The van der Waals surface area contributed by atoms with Crippen LogP contribution in [0.15, 0.2) is 24.3 Å². The van der Waals surface area contributed by atoms with Crippen LogP contribution in [0.25, 0.3) is 0 Å². The Labute approximate surface area is 83.9 Å². The van der Waals surface area contributed by atoms with Crippen molar-refractivity contribution in [3.8, 4) is 5.75 Å². The van der Waals surface area contributed by atoms with E-state index in [1.807, 2.05) is 24.3 Å². The number of hydrogen-bond acceptors (Lipinski definition) is 2. The molecule has 1 aromatic rings. The molecule has 0 heterocycles. The van der Waals surface area contributed by atoms with Crippen LogP contribution in [0.5, 0.6) is 5.75 Å². The predicted molar refractivity (Wildman–Crippen MR) is 55.4 cm³/mol. The molecule has 2 nitrogen and oxygen atoms in total. The Morgan fingerprint density at radius 3 is 2.86 bits per heavy atom. The van der Waals surface area contributed by atoms with Crippen LogP contribution in [0, 0.1) is 0 Å². The maximum Gasteiger partial charge on any atom is 0.119 e. The van der Waals surface area contributed by atoms with Crippen LogP contribution in [0.4, 0.5) is 4.39 Å². The summed E-state index contributed by atoms with van der Waals surface area (Å²) < 4.78 is 17.7. The maximum atomic E-state index is 12.7. The fourth-order valence-electron chi connectivity index (χ4n) is 1.43. The lowest BCUT2D eigenvalue weighted by Gasteiger charge is -2.13. The fourth-order valence-corrected chi connectivity index (χ4v) is 1.43. The number of ether oxygens (including phenoxy) is 1. The summed E-state index contributed by atoms with van der Waals surface area (Å²) in [5.41, 5.74) is 6.37. The van der Waals surface area contributed by atoms with E-state index in [1.165, 1.54) is 0 Å². The van der Waals surface area contributed by atoms with Crippen molar-refractivity contribution in [3.63, 3.8) is 0 Å². The highest BCUT2D eigenvalue weighted by atomic mass is 19.1. The normalized spacial score (nSPS) is 12.5. The van der Waals surface area contributed by atoms with Gasteiger partial charge in [0.2, 0.25) is 0 Å². The smallest absolute Gasteiger partial charge is 0.119 e. The van der Waals surface area contributed by atoms with E-state index in [1.54, 1.807) is 7.11 Å². The first kappa shape index (κ1) is 11.0.